The predicted molar refractivity (Wildman–Crippen MR) is 96.1 cm³/mol. The minimum Gasteiger partial charge on any atom is -0.497 e. The highest BCUT2D eigenvalue weighted by Gasteiger charge is 2.29. The SMILES string of the molecule is COc1cccc(N2CCN(C3CCOc4ccccc43)CC2)c1. The molecule has 0 radical (unpaired) electrons. The predicted octanol–water partition coefficient (Wildman–Crippen LogP) is 3.34. The Hall–Kier alpha value is -2.20. The van der Waals surface area contributed by atoms with Crippen LogP contribution in [0.2, 0.25) is 0 Å². The Morgan fingerprint density at radius 1 is 1.00 bits per heavy atom. The smallest absolute Gasteiger partial charge is 0.124 e. The fourth-order valence-corrected chi connectivity index (χ4v) is 3.80. The van der Waals surface area contributed by atoms with Gasteiger partial charge in [-0.2, -0.15) is 0 Å². The zero-order chi connectivity index (χ0) is 16.4. The number of ether oxygens (including phenoxy) is 2. The van der Waals surface area contributed by atoms with Crippen molar-refractivity contribution in [2.24, 2.45) is 0 Å². The first-order chi connectivity index (χ1) is 11.8. The van der Waals surface area contributed by atoms with E-state index < -0.39 is 0 Å². The summed E-state index contributed by atoms with van der Waals surface area (Å²) in [4.78, 5) is 5.06. The van der Waals surface area contributed by atoms with Crippen molar-refractivity contribution in [3.8, 4) is 11.5 Å². The summed E-state index contributed by atoms with van der Waals surface area (Å²) in [5.41, 5.74) is 2.60. The van der Waals surface area contributed by atoms with Crippen LogP contribution in [0.5, 0.6) is 11.5 Å². The Kier molecular flexibility index (Phi) is 4.30. The summed E-state index contributed by atoms with van der Waals surface area (Å²) in [7, 11) is 1.72. The highest BCUT2D eigenvalue weighted by Crippen LogP contribution is 2.36. The minimum absolute atomic E-state index is 0.488. The average Bonchev–Trinajstić information content (AvgIpc) is 2.68. The van der Waals surface area contributed by atoms with Crippen molar-refractivity contribution in [3.63, 3.8) is 0 Å². The maximum absolute atomic E-state index is 5.81. The molecule has 0 saturated carbocycles. The number of hydrogen-bond donors (Lipinski definition) is 0. The van der Waals surface area contributed by atoms with Gasteiger partial charge < -0.3 is 14.4 Å². The van der Waals surface area contributed by atoms with E-state index in [9.17, 15) is 0 Å². The molecular formula is C20H24N2O2. The van der Waals surface area contributed by atoms with Gasteiger partial charge in [0.2, 0.25) is 0 Å². The van der Waals surface area contributed by atoms with Crippen molar-refractivity contribution in [1.29, 1.82) is 0 Å². The van der Waals surface area contributed by atoms with Crippen LogP contribution in [0.1, 0.15) is 18.0 Å². The number of piperazine rings is 1. The molecule has 2 aromatic carbocycles. The number of nitrogens with zero attached hydrogens (tertiary/aromatic N) is 2. The fraction of sp³-hybridized carbons (Fsp3) is 0.400. The number of anilines is 1. The maximum Gasteiger partial charge on any atom is 0.124 e. The number of hydrogen-bond acceptors (Lipinski definition) is 4. The minimum atomic E-state index is 0.488. The average molecular weight is 324 g/mol. The van der Waals surface area contributed by atoms with Gasteiger partial charge in [0, 0.05) is 56.0 Å². The largest absolute Gasteiger partial charge is 0.497 e. The molecular weight excluding hydrogens is 300 g/mol. The Morgan fingerprint density at radius 3 is 2.67 bits per heavy atom. The third-order valence-corrected chi connectivity index (χ3v) is 5.10. The summed E-state index contributed by atoms with van der Waals surface area (Å²) in [6, 6.07) is 17.3. The van der Waals surface area contributed by atoms with Crippen molar-refractivity contribution in [2.75, 3.05) is 44.8 Å². The normalized spacial score (nSPS) is 21.0. The lowest BCUT2D eigenvalue weighted by Crippen LogP contribution is -2.48. The topological polar surface area (TPSA) is 24.9 Å². The molecule has 0 amide bonds. The van der Waals surface area contributed by atoms with Crippen LogP contribution in [0, 0.1) is 0 Å². The molecule has 0 bridgehead atoms. The van der Waals surface area contributed by atoms with Crippen molar-refractivity contribution in [3.05, 3.63) is 54.1 Å². The van der Waals surface area contributed by atoms with Crippen molar-refractivity contribution in [2.45, 2.75) is 12.5 Å². The molecule has 24 heavy (non-hydrogen) atoms. The molecule has 1 saturated heterocycles. The zero-order valence-corrected chi connectivity index (χ0v) is 14.1. The second kappa shape index (κ2) is 6.73. The van der Waals surface area contributed by atoms with Gasteiger partial charge in [-0.15, -0.1) is 0 Å². The number of benzene rings is 2. The quantitative estimate of drug-likeness (QED) is 0.864. The van der Waals surface area contributed by atoms with Gasteiger partial charge in [0.05, 0.1) is 13.7 Å². The molecule has 0 spiro atoms. The molecule has 2 heterocycles. The highest BCUT2D eigenvalue weighted by atomic mass is 16.5. The van der Waals surface area contributed by atoms with Crippen LogP contribution < -0.4 is 14.4 Å². The van der Waals surface area contributed by atoms with E-state index in [0.717, 1.165) is 50.7 Å². The van der Waals surface area contributed by atoms with Crippen LogP contribution in [0.4, 0.5) is 5.69 Å². The first-order valence-electron chi connectivity index (χ1n) is 8.70. The van der Waals surface area contributed by atoms with Gasteiger partial charge in [0.25, 0.3) is 0 Å². The Labute approximate surface area is 143 Å². The number of methoxy groups -OCH3 is 1. The van der Waals surface area contributed by atoms with E-state index in [4.69, 9.17) is 9.47 Å². The summed E-state index contributed by atoms with van der Waals surface area (Å²) in [6.45, 7) is 5.07. The summed E-state index contributed by atoms with van der Waals surface area (Å²) < 4.78 is 11.2. The molecule has 1 unspecified atom stereocenters. The second-order valence-corrected chi connectivity index (χ2v) is 6.42. The molecule has 0 N–H and O–H groups in total. The van der Waals surface area contributed by atoms with Gasteiger partial charge in [0.1, 0.15) is 11.5 Å². The van der Waals surface area contributed by atoms with Gasteiger partial charge in [-0.05, 0) is 18.2 Å². The Balaban J connectivity index is 1.45. The van der Waals surface area contributed by atoms with Gasteiger partial charge in [-0.25, -0.2) is 0 Å². The molecule has 2 aromatic rings. The molecule has 4 heteroatoms. The van der Waals surface area contributed by atoms with E-state index in [1.807, 2.05) is 6.07 Å². The molecule has 0 aliphatic carbocycles. The van der Waals surface area contributed by atoms with E-state index in [0.29, 0.717) is 6.04 Å². The van der Waals surface area contributed by atoms with Crippen molar-refractivity contribution in [1.82, 2.24) is 4.90 Å². The van der Waals surface area contributed by atoms with Crippen LogP contribution in [0.3, 0.4) is 0 Å². The van der Waals surface area contributed by atoms with E-state index in [2.05, 4.69) is 52.3 Å². The maximum atomic E-state index is 5.81. The summed E-state index contributed by atoms with van der Waals surface area (Å²) in [6.07, 6.45) is 1.08. The third-order valence-electron chi connectivity index (χ3n) is 5.10. The molecule has 4 rings (SSSR count). The zero-order valence-electron chi connectivity index (χ0n) is 14.1. The molecule has 0 aromatic heterocycles. The Morgan fingerprint density at radius 2 is 1.83 bits per heavy atom. The number of para-hydroxylation sites is 1. The summed E-state index contributed by atoms with van der Waals surface area (Å²) in [5, 5.41) is 0. The van der Waals surface area contributed by atoms with Gasteiger partial charge in [0.15, 0.2) is 0 Å². The lowest BCUT2D eigenvalue weighted by Gasteiger charge is -2.42. The molecule has 2 aliphatic heterocycles. The number of fused-ring (bicyclic) bond motifs is 1. The summed E-state index contributed by atoms with van der Waals surface area (Å²) in [5.74, 6) is 1.98. The van der Waals surface area contributed by atoms with Gasteiger partial charge >= 0.3 is 0 Å². The van der Waals surface area contributed by atoms with Crippen LogP contribution in [-0.4, -0.2) is 44.8 Å². The summed E-state index contributed by atoms with van der Waals surface area (Å²) >= 11 is 0. The molecule has 1 fully saturated rings. The van der Waals surface area contributed by atoms with Crippen LogP contribution in [0.25, 0.3) is 0 Å². The van der Waals surface area contributed by atoms with Crippen molar-refractivity contribution >= 4 is 5.69 Å². The van der Waals surface area contributed by atoms with Crippen LogP contribution in [0.15, 0.2) is 48.5 Å². The number of rotatable bonds is 3. The van der Waals surface area contributed by atoms with Crippen LogP contribution >= 0.6 is 0 Å². The van der Waals surface area contributed by atoms with Gasteiger partial charge in [-0.1, -0.05) is 24.3 Å². The monoisotopic (exact) mass is 324 g/mol. The third kappa shape index (κ3) is 2.94. The molecule has 126 valence electrons. The molecule has 1 atom stereocenters. The standard InChI is InChI=1S/C20H24N2O2/c1-23-17-6-4-5-16(15-17)21-10-12-22(13-11-21)19-9-14-24-20-8-3-2-7-18(19)20/h2-8,15,19H,9-14H2,1H3. The van der Waals surface area contributed by atoms with E-state index in [1.165, 1.54) is 11.3 Å². The Bertz CT molecular complexity index is 696. The molecule has 4 nitrogen and oxygen atoms in total. The first-order valence-corrected chi connectivity index (χ1v) is 8.70. The lowest BCUT2D eigenvalue weighted by atomic mass is 9.98. The highest BCUT2D eigenvalue weighted by molar-refractivity contribution is 5.51. The van der Waals surface area contributed by atoms with E-state index >= 15 is 0 Å². The lowest BCUT2D eigenvalue weighted by molar-refractivity contribution is 0.133. The second-order valence-electron chi connectivity index (χ2n) is 6.42. The fourth-order valence-electron chi connectivity index (χ4n) is 3.80. The van der Waals surface area contributed by atoms with Gasteiger partial charge in [-0.3, -0.25) is 4.90 Å². The molecule has 2 aliphatic rings. The first kappa shape index (κ1) is 15.3. The van der Waals surface area contributed by atoms with E-state index in [-0.39, 0.29) is 0 Å². The van der Waals surface area contributed by atoms with Crippen molar-refractivity contribution < 1.29 is 9.47 Å². The van der Waals surface area contributed by atoms with Crippen LogP contribution in [-0.2, 0) is 0 Å². The van der Waals surface area contributed by atoms with E-state index in [1.54, 1.807) is 7.11 Å².